The van der Waals surface area contributed by atoms with E-state index in [-0.39, 0.29) is 6.54 Å². The Morgan fingerprint density at radius 2 is 1.43 bits per heavy atom. The van der Waals surface area contributed by atoms with E-state index in [9.17, 15) is 4.79 Å². The van der Waals surface area contributed by atoms with Crippen LogP contribution in [-0.2, 0) is 4.79 Å². The largest absolute Gasteiger partial charge is 0.480 e. The highest BCUT2D eigenvalue weighted by molar-refractivity contribution is 7.99. The summed E-state index contributed by atoms with van der Waals surface area (Å²) >= 11 is 6.21. The van der Waals surface area contributed by atoms with E-state index in [2.05, 4.69) is 23.3 Å². The Balaban J connectivity index is 2.95. The van der Waals surface area contributed by atoms with Crippen LogP contribution < -0.4 is 10.6 Å². The Kier molecular flexibility index (Phi) is 18.2. The van der Waals surface area contributed by atoms with Gasteiger partial charge in [0.15, 0.2) is 0 Å². The zero-order chi connectivity index (χ0) is 15.6. The standard InChI is InChI=1S/C15H32N2O2S2/c18-15(19)14-17-10-4-7-13-21-12-6-1-2-8-16-9-3-5-11-20/h16-17,20H,1-14H2,(H,18,19). The molecule has 0 saturated heterocycles. The Labute approximate surface area is 139 Å². The van der Waals surface area contributed by atoms with E-state index in [1.54, 1.807) is 0 Å². The van der Waals surface area contributed by atoms with Crippen molar-refractivity contribution in [3.8, 4) is 0 Å². The number of hydrogen-bond acceptors (Lipinski definition) is 5. The Hall–Kier alpha value is 0.0900. The highest BCUT2D eigenvalue weighted by Gasteiger charge is 1.95. The summed E-state index contributed by atoms with van der Waals surface area (Å²) in [6.07, 6.45) is 8.58. The average Bonchev–Trinajstić information content (AvgIpc) is 2.46. The van der Waals surface area contributed by atoms with Crippen LogP contribution in [0.25, 0.3) is 0 Å². The maximum atomic E-state index is 10.3. The second-order valence-electron chi connectivity index (χ2n) is 5.13. The van der Waals surface area contributed by atoms with E-state index in [0.717, 1.165) is 31.8 Å². The number of thiol groups is 1. The van der Waals surface area contributed by atoms with E-state index in [4.69, 9.17) is 5.11 Å². The third-order valence-corrected chi connectivity index (χ3v) is 4.54. The molecule has 0 spiro atoms. The van der Waals surface area contributed by atoms with Crippen molar-refractivity contribution in [3.63, 3.8) is 0 Å². The van der Waals surface area contributed by atoms with Crippen LogP contribution in [0.4, 0.5) is 0 Å². The van der Waals surface area contributed by atoms with Crippen LogP contribution >= 0.6 is 24.4 Å². The van der Waals surface area contributed by atoms with Crippen molar-refractivity contribution in [2.75, 3.05) is 43.4 Å². The molecule has 4 nitrogen and oxygen atoms in total. The molecule has 0 aliphatic heterocycles. The van der Waals surface area contributed by atoms with Crippen molar-refractivity contribution < 1.29 is 9.90 Å². The minimum absolute atomic E-state index is 0.0792. The first kappa shape index (κ1) is 21.1. The second-order valence-corrected chi connectivity index (χ2v) is 6.80. The predicted molar refractivity (Wildman–Crippen MR) is 96.9 cm³/mol. The molecule has 0 aromatic rings. The SMILES string of the molecule is O=C(O)CNCCCCSCCCCCNCCCCS. The molecule has 0 aliphatic rings. The van der Waals surface area contributed by atoms with Gasteiger partial charge in [0, 0.05) is 0 Å². The topological polar surface area (TPSA) is 61.4 Å². The molecule has 0 heterocycles. The molecule has 0 rings (SSSR count). The summed E-state index contributed by atoms with van der Waals surface area (Å²) in [5.74, 6) is 2.66. The van der Waals surface area contributed by atoms with Gasteiger partial charge in [-0.3, -0.25) is 4.79 Å². The molecule has 0 saturated carbocycles. The molecule has 0 radical (unpaired) electrons. The molecular formula is C15H32N2O2S2. The lowest BCUT2D eigenvalue weighted by Gasteiger charge is -2.05. The van der Waals surface area contributed by atoms with Gasteiger partial charge in [-0.05, 0) is 75.4 Å². The van der Waals surface area contributed by atoms with E-state index in [0.29, 0.717) is 0 Å². The number of rotatable bonds is 17. The summed E-state index contributed by atoms with van der Waals surface area (Å²) in [6.45, 7) is 3.17. The number of aliphatic carboxylic acids is 1. The lowest BCUT2D eigenvalue weighted by molar-refractivity contribution is -0.135. The molecule has 0 fully saturated rings. The fraction of sp³-hybridized carbons (Fsp3) is 0.933. The van der Waals surface area contributed by atoms with Crippen molar-refractivity contribution >= 4 is 30.4 Å². The molecule has 6 heteroatoms. The monoisotopic (exact) mass is 336 g/mol. The van der Waals surface area contributed by atoms with Crippen LogP contribution in [0.1, 0.15) is 44.9 Å². The first-order chi connectivity index (χ1) is 10.3. The van der Waals surface area contributed by atoms with Gasteiger partial charge < -0.3 is 15.7 Å². The number of carboxylic acid groups (broad SMARTS) is 1. The normalized spacial score (nSPS) is 10.9. The average molecular weight is 337 g/mol. The molecule has 0 atom stereocenters. The molecule has 0 amide bonds. The van der Waals surface area contributed by atoms with Crippen molar-refractivity contribution in [1.29, 1.82) is 0 Å². The zero-order valence-electron chi connectivity index (χ0n) is 13.1. The smallest absolute Gasteiger partial charge is 0.317 e. The van der Waals surface area contributed by atoms with Gasteiger partial charge in [-0.2, -0.15) is 24.4 Å². The summed E-state index contributed by atoms with van der Waals surface area (Å²) < 4.78 is 0. The van der Waals surface area contributed by atoms with E-state index < -0.39 is 5.97 Å². The molecule has 0 aliphatic carbocycles. The first-order valence-corrected chi connectivity index (χ1v) is 9.88. The second kappa shape index (κ2) is 18.1. The van der Waals surface area contributed by atoms with Gasteiger partial charge in [0.2, 0.25) is 0 Å². The van der Waals surface area contributed by atoms with Gasteiger partial charge in [0.1, 0.15) is 0 Å². The number of carbonyl (C=O) groups is 1. The van der Waals surface area contributed by atoms with Gasteiger partial charge in [0.25, 0.3) is 0 Å². The van der Waals surface area contributed by atoms with Crippen LogP contribution in [0.5, 0.6) is 0 Å². The molecule has 3 N–H and O–H groups in total. The van der Waals surface area contributed by atoms with Crippen LogP contribution in [-0.4, -0.2) is 54.5 Å². The number of thioether (sulfide) groups is 1. The Bertz CT molecular complexity index is 232. The molecule has 0 unspecified atom stereocenters. The van der Waals surface area contributed by atoms with Crippen LogP contribution in [0, 0.1) is 0 Å². The highest BCUT2D eigenvalue weighted by Crippen LogP contribution is 2.08. The highest BCUT2D eigenvalue weighted by atomic mass is 32.2. The summed E-state index contributed by atoms with van der Waals surface area (Å²) in [7, 11) is 0. The third-order valence-electron chi connectivity index (χ3n) is 3.07. The van der Waals surface area contributed by atoms with Crippen LogP contribution in [0.2, 0.25) is 0 Å². The van der Waals surface area contributed by atoms with Gasteiger partial charge in [-0.1, -0.05) is 6.42 Å². The summed E-state index contributed by atoms with van der Waals surface area (Å²) in [6, 6.07) is 0. The lowest BCUT2D eigenvalue weighted by Crippen LogP contribution is -2.23. The quantitative estimate of drug-likeness (QED) is 0.243. The molecule has 0 aromatic heterocycles. The molecule has 0 aromatic carbocycles. The Morgan fingerprint density at radius 1 is 0.857 bits per heavy atom. The van der Waals surface area contributed by atoms with Crippen molar-refractivity contribution in [1.82, 2.24) is 10.6 Å². The molecule has 0 bridgehead atoms. The maximum absolute atomic E-state index is 10.3. The summed E-state index contributed by atoms with van der Waals surface area (Å²) in [5, 5.41) is 14.8. The predicted octanol–water partition coefficient (Wildman–Crippen LogP) is 2.64. The third kappa shape index (κ3) is 20.1. The summed E-state index contributed by atoms with van der Waals surface area (Å²) in [5.41, 5.74) is 0. The van der Waals surface area contributed by atoms with E-state index in [1.807, 2.05) is 11.8 Å². The fourth-order valence-electron chi connectivity index (χ4n) is 1.87. The number of carboxylic acids is 1. The van der Waals surface area contributed by atoms with Gasteiger partial charge in [-0.15, -0.1) is 0 Å². The van der Waals surface area contributed by atoms with Crippen molar-refractivity contribution in [2.45, 2.75) is 44.9 Å². The van der Waals surface area contributed by atoms with E-state index in [1.165, 1.54) is 50.0 Å². The van der Waals surface area contributed by atoms with E-state index >= 15 is 0 Å². The van der Waals surface area contributed by atoms with Crippen molar-refractivity contribution in [3.05, 3.63) is 0 Å². The van der Waals surface area contributed by atoms with Crippen LogP contribution in [0.3, 0.4) is 0 Å². The van der Waals surface area contributed by atoms with Crippen molar-refractivity contribution in [2.24, 2.45) is 0 Å². The van der Waals surface area contributed by atoms with Crippen LogP contribution in [0.15, 0.2) is 0 Å². The lowest BCUT2D eigenvalue weighted by atomic mass is 10.2. The minimum atomic E-state index is -0.777. The zero-order valence-corrected chi connectivity index (χ0v) is 14.8. The fourth-order valence-corrected chi connectivity index (χ4v) is 3.11. The Morgan fingerprint density at radius 3 is 2.10 bits per heavy atom. The van der Waals surface area contributed by atoms with Gasteiger partial charge in [-0.25, -0.2) is 0 Å². The number of unbranched alkanes of at least 4 members (excludes halogenated alkanes) is 4. The number of hydrogen-bond donors (Lipinski definition) is 4. The minimum Gasteiger partial charge on any atom is -0.480 e. The first-order valence-electron chi connectivity index (χ1n) is 8.09. The van der Waals surface area contributed by atoms with Gasteiger partial charge >= 0.3 is 5.97 Å². The molecule has 21 heavy (non-hydrogen) atoms. The maximum Gasteiger partial charge on any atom is 0.317 e. The van der Waals surface area contributed by atoms with Gasteiger partial charge in [0.05, 0.1) is 6.54 Å². The summed E-state index contributed by atoms with van der Waals surface area (Å²) in [4.78, 5) is 10.3. The molecular weight excluding hydrogens is 304 g/mol. The molecule has 126 valence electrons. The number of nitrogens with one attached hydrogen (secondary N) is 2.